The maximum atomic E-state index is 12.8. The molecule has 1 aromatic rings. The van der Waals surface area contributed by atoms with Crippen molar-refractivity contribution in [3.63, 3.8) is 0 Å². The van der Waals surface area contributed by atoms with Crippen LogP contribution >= 0.6 is 0 Å². The number of nitrogens with two attached hydrogens (primary N) is 1. The summed E-state index contributed by atoms with van der Waals surface area (Å²) in [4.78, 5) is 13.9. The number of likely N-dealkylation sites (N-methyl/N-ethyl adjacent to an activating group) is 1. The van der Waals surface area contributed by atoms with Crippen LogP contribution in [0.15, 0.2) is 23.1 Å². The summed E-state index contributed by atoms with van der Waals surface area (Å²) in [5.41, 5.74) is 5.95. The Balaban J connectivity index is 2.48. The number of amides is 1. The molecule has 21 heavy (non-hydrogen) atoms. The quantitative estimate of drug-likeness (QED) is 0.820. The molecule has 0 atom stereocenters. The molecule has 1 aromatic carbocycles. The van der Waals surface area contributed by atoms with E-state index in [1.807, 2.05) is 6.92 Å². The molecule has 0 aliphatic carbocycles. The van der Waals surface area contributed by atoms with Gasteiger partial charge in [-0.15, -0.1) is 0 Å². The van der Waals surface area contributed by atoms with E-state index in [0.29, 0.717) is 12.2 Å². The molecular weight excluding hydrogens is 290 g/mol. The van der Waals surface area contributed by atoms with Crippen LogP contribution in [0.2, 0.25) is 0 Å². The average molecular weight is 311 g/mol. The Labute approximate surface area is 125 Å². The SMILES string of the molecule is Cc1ccc(S(=O)(=O)N2CCN(C)C(=O)C2(C)C)cc1N. The number of sulfonamides is 1. The highest BCUT2D eigenvalue weighted by molar-refractivity contribution is 7.89. The smallest absolute Gasteiger partial charge is 0.244 e. The lowest BCUT2D eigenvalue weighted by Gasteiger charge is -2.43. The largest absolute Gasteiger partial charge is 0.398 e. The number of piperazine rings is 1. The second-order valence-corrected chi connectivity index (χ2v) is 7.74. The molecule has 2 N–H and O–H groups in total. The van der Waals surface area contributed by atoms with E-state index in [1.165, 1.54) is 16.4 Å². The van der Waals surface area contributed by atoms with Crippen molar-refractivity contribution in [1.82, 2.24) is 9.21 Å². The van der Waals surface area contributed by atoms with Crippen LogP contribution in [-0.4, -0.2) is 49.2 Å². The molecule has 0 saturated carbocycles. The number of hydrogen-bond donors (Lipinski definition) is 1. The van der Waals surface area contributed by atoms with E-state index in [1.54, 1.807) is 31.9 Å². The fraction of sp³-hybridized carbons (Fsp3) is 0.500. The summed E-state index contributed by atoms with van der Waals surface area (Å²) in [6.07, 6.45) is 0. The highest BCUT2D eigenvalue weighted by Crippen LogP contribution is 2.30. The number of carbonyl (C=O) groups excluding carboxylic acids is 1. The number of benzene rings is 1. The van der Waals surface area contributed by atoms with Crippen LogP contribution in [0.25, 0.3) is 0 Å². The maximum Gasteiger partial charge on any atom is 0.244 e. The van der Waals surface area contributed by atoms with Crippen molar-refractivity contribution in [3.05, 3.63) is 23.8 Å². The molecule has 2 rings (SSSR count). The second-order valence-electron chi connectivity index (χ2n) is 5.88. The molecule has 1 aliphatic heterocycles. The molecule has 0 spiro atoms. The predicted molar refractivity (Wildman–Crippen MR) is 81.2 cm³/mol. The van der Waals surface area contributed by atoms with Gasteiger partial charge in [0, 0.05) is 25.8 Å². The first-order chi connectivity index (χ1) is 9.58. The van der Waals surface area contributed by atoms with Gasteiger partial charge in [-0.05, 0) is 38.5 Å². The number of nitrogens with zero attached hydrogens (tertiary/aromatic N) is 2. The molecular formula is C14H21N3O3S. The number of nitrogen functional groups attached to an aromatic ring is 1. The van der Waals surface area contributed by atoms with Gasteiger partial charge in [-0.3, -0.25) is 4.79 Å². The molecule has 1 saturated heterocycles. The lowest BCUT2D eigenvalue weighted by atomic mass is 10.0. The Bertz CT molecular complexity index is 683. The summed E-state index contributed by atoms with van der Waals surface area (Å²) in [6, 6.07) is 4.65. The van der Waals surface area contributed by atoms with Gasteiger partial charge in [0.15, 0.2) is 0 Å². The minimum Gasteiger partial charge on any atom is -0.398 e. The molecule has 0 unspecified atom stereocenters. The third-order valence-electron chi connectivity index (χ3n) is 3.97. The van der Waals surface area contributed by atoms with Crippen molar-refractivity contribution in [3.8, 4) is 0 Å². The molecule has 116 valence electrons. The van der Waals surface area contributed by atoms with Crippen LogP contribution in [0, 0.1) is 6.92 Å². The van der Waals surface area contributed by atoms with E-state index in [0.717, 1.165) is 5.56 Å². The zero-order chi connectivity index (χ0) is 16.0. The van der Waals surface area contributed by atoms with Crippen molar-refractivity contribution in [2.75, 3.05) is 25.9 Å². The van der Waals surface area contributed by atoms with Crippen molar-refractivity contribution < 1.29 is 13.2 Å². The third-order valence-corrected chi connectivity index (χ3v) is 6.04. The zero-order valence-corrected chi connectivity index (χ0v) is 13.6. The Morgan fingerprint density at radius 2 is 1.86 bits per heavy atom. The van der Waals surface area contributed by atoms with E-state index in [4.69, 9.17) is 5.73 Å². The Morgan fingerprint density at radius 3 is 2.43 bits per heavy atom. The molecule has 1 aliphatic rings. The molecule has 0 aromatic heterocycles. The highest BCUT2D eigenvalue weighted by Gasteiger charge is 2.46. The van der Waals surface area contributed by atoms with E-state index in [9.17, 15) is 13.2 Å². The minimum absolute atomic E-state index is 0.121. The maximum absolute atomic E-state index is 12.8. The van der Waals surface area contributed by atoms with Crippen LogP contribution in [0.3, 0.4) is 0 Å². The number of hydrogen-bond acceptors (Lipinski definition) is 4. The summed E-state index contributed by atoms with van der Waals surface area (Å²) >= 11 is 0. The summed E-state index contributed by atoms with van der Waals surface area (Å²) in [7, 11) is -2.08. The van der Waals surface area contributed by atoms with Gasteiger partial charge >= 0.3 is 0 Å². The number of anilines is 1. The molecule has 6 nitrogen and oxygen atoms in total. The van der Waals surface area contributed by atoms with E-state index >= 15 is 0 Å². The first-order valence-corrected chi connectivity index (χ1v) is 8.17. The lowest BCUT2D eigenvalue weighted by molar-refractivity contribution is -0.142. The Morgan fingerprint density at radius 1 is 1.24 bits per heavy atom. The monoisotopic (exact) mass is 311 g/mol. The zero-order valence-electron chi connectivity index (χ0n) is 12.8. The van der Waals surface area contributed by atoms with Gasteiger partial charge in [0.25, 0.3) is 0 Å². The molecule has 0 radical (unpaired) electrons. The van der Waals surface area contributed by atoms with Crippen LogP contribution < -0.4 is 5.73 Å². The van der Waals surface area contributed by atoms with Crippen molar-refractivity contribution in [1.29, 1.82) is 0 Å². The number of aryl methyl sites for hydroxylation is 1. The van der Waals surface area contributed by atoms with Crippen molar-refractivity contribution in [2.24, 2.45) is 0 Å². The second kappa shape index (κ2) is 4.99. The van der Waals surface area contributed by atoms with E-state index < -0.39 is 15.6 Å². The van der Waals surface area contributed by atoms with E-state index in [-0.39, 0.29) is 17.3 Å². The number of rotatable bonds is 2. The summed E-state index contributed by atoms with van der Waals surface area (Å²) in [6.45, 7) is 5.71. The molecule has 7 heteroatoms. The summed E-state index contributed by atoms with van der Waals surface area (Å²) < 4.78 is 26.9. The molecule has 1 amide bonds. The fourth-order valence-corrected chi connectivity index (χ4v) is 4.29. The first-order valence-electron chi connectivity index (χ1n) is 6.73. The van der Waals surface area contributed by atoms with Crippen LogP contribution in [0.5, 0.6) is 0 Å². The van der Waals surface area contributed by atoms with Crippen LogP contribution in [0.4, 0.5) is 5.69 Å². The lowest BCUT2D eigenvalue weighted by Crippen LogP contribution is -2.63. The van der Waals surface area contributed by atoms with Gasteiger partial charge in [-0.25, -0.2) is 8.42 Å². The predicted octanol–water partition coefficient (Wildman–Crippen LogP) is 0.819. The van der Waals surface area contributed by atoms with Crippen LogP contribution in [-0.2, 0) is 14.8 Å². The van der Waals surface area contributed by atoms with Gasteiger partial charge in [-0.2, -0.15) is 4.31 Å². The van der Waals surface area contributed by atoms with Gasteiger partial charge in [0.1, 0.15) is 5.54 Å². The molecule has 0 bridgehead atoms. The summed E-state index contributed by atoms with van der Waals surface area (Å²) in [5, 5.41) is 0. The summed E-state index contributed by atoms with van der Waals surface area (Å²) in [5.74, 6) is -0.211. The van der Waals surface area contributed by atoms with E-state index in [2.05, 4.69) is 0 Å². The Hall–Kier alpha value is -1.60. The van der Waals surface area contributed by atoms with Crippen molar-refractivity contribution >= 4 is 21.6 Å². The standard InChI is InChI=1S/C14H21N3O3S/c1-10-5-6-11(9-12(10)15)21(19,20)17-8-7-16(4)13(18)14(17,2)3/h5-6,9H,7-8,15H2,1-4H3. The normalized spacial score (nSPS) is 19.8. The van der Waals surface area contributed by atoms with Gasteiger partial charge in [0.05, 0.1) is 4.90 Å². The Kier molecular flexibility index (Phi) is 3.75. The molecule has 1 heterocycles. The highest BCUT2D eigenvalue weighted by atomic mass is 32.2. The fourth-order valence-electron chi connectivity index (χ4n) is 2.52. The van der Waals surface area contributed by atoms with Crippen LogP contribution in [0.1, 0.15) is 19.4 Å². The first kappa shape index (κ1) is 15.8. The topological polar surface area (TPSA) is 83.7 Å². The minimum atomic E-state index is -3.76. The van der Waals surface area contributed by atoms with Gasteiger partial charge in [0.2, 0.25) is 15.9 Å². The van der Waals surface area contributed by atoms with Crippen molar-refractivity contribution in [2.45, 2.75) is 31.2 Å². The average Bonchev–Trinajstić information content (AvgIpc) is 2.38. The van der Waals surface area contributed by atoms with Gasteiger partial charge < -0.3 is 10.6 Å². The molecule has 1 fully saturated rings. The van der Waals surface area contributed by atoms with Gasteiger partial charge in [-0.1, -0.05) is 6.07 Å². The number of carbonyl (C=O) groups is 1. The third kappa shape index (κ3) is 2.51.